The van der Waals surface area contributed by atoms with Gasteiger partial charge >= 0.3 is 5.97 Å². The molecule has 1 atom stereocenters. The minimum atomic E-state index is -0.957. The van der Waals surface area contributed by atoms with E-state index in [1.807, 2.05) is 12.1 Å². The molecule has 0 aliphatic carbocycles. The molecular weight excluding hydrogens is 270 g/mol. The van der Waals surface area contributed by atoms with Crippen molar-refractivity contribution in [3.05, 3.63) is 35.6 Å². The van der Waals surface area contributed by atoms with Crippen molar-refractivity contribution in [3.8, 4) is 0 Å². The molecule has 1 aliphatic rings. The van der Waals surface area contributed by atoms with Crippen LogP contribution in [0.15, 0.2) is 28.7 Å². The first kappa shape index (κ1) is 14.1. The number of furan rings is 1. The third-order valence-electron chi connectivity index (χ3n) is 4.00. The standard InChI is InChI=1S/C16H19NO4/c1-16(7-4-8-20-10-16)17-9-13-14(15(18)19)11-5-2-3-6-12(11)21-13/h2-3,5-6,17H,4,7-10H2,1H3,(H,18,19). The Kier molecular flexibility index (Phi) is 3.69. The molecule has 0 amide bonds. The van der Waals surface area contributed by atoms with E-state index in [2.05, 4.69) is 12.2 Å². The van der Waals surface area contributed by atoms with Crippen LogP contribution in [0, 0.1) is 0 Å². The van der Waals surface area contributed by atoms with E-state index in [9.17, 15) is 9.90 Å². The normalized spacial score (nSPS) is 22.5. The van der Waals surface area contributed by atoms with Crippen LogP contribution in [0.5, 0.6) is 0 Å². The first-order chi connectivity index (χ1) is 10.1. The van der Waals surface area contributed by atoms with Crippen LogP contribution in [0.25, 0.3) is 11.0 Å². The zero-order valence-corrected chi connectivity index (χ0v) is 12.0. The van der Waals surface area contributed by atoms with Crippen molar-refractivity contribution in [2.24, 2.45) is 0 Å². The van der Waals surface area contributed by atoms with Crippen molar-refractivity contribution >= 4 is 16.9 Å². The maximum Gasteiger partial charge on any atom is 0.339 e. The van der Waals surface area contributed by atoms with E-state index in [0.29, 0.717) is 29.9 Å². The van der Waals surface area contributed by atoms with Crippen LogP contribution in [0.4, 0.5) is 0 Å². The zero-order chi connectivity index (χ0) is 14.9. The summed E-state index contributed by atoms with van der Waals surface area (Å²) in [6.45, 7) is 3.91. The van der Waals surface area contributed by atoms with E-state index in [4.69, 9.17) is 9.15 Å². The number of ether oxygens (including phenoxy) is 1. The van der Waals surface area contributed by atoms with Gasteiger partial charge in [0.1, 0.15) is 16.9 Å². The van der Waals surface area contributed by atoms with Crippen LogP contribution >= 0.6 is 0 Å². The molecule has 5 nitrogen and oxygen atoms in total. The lowest BCUT2D eigenvalue weighted by molar-refractivity contribution is 0.0270. The third-order valence-corrected chi connectivity index (χ3v) is 4.00. The van der Waals surface area contributed by atoms with Gasteiger partial charge in [0.25, 0.3) is 0 Å². The number of nitrogens with one attached hydrogen (secondary N) is 1. The molecule has 1 fully saturated rings. The summed E-state index contributed by atoms with van der Waals surface area (Å²) < 4.78 is 11.2. The minimum absolute atomic E-state index is 0.132. The Labute approximate surface area is 122 Å². The Morgan fingerprint density at radius 3 is 2.95 bits per heavy atom. The van der Waals surface area contributed by atoms with E-state index >= 15 is 0 Å². The first-order valence-corrected chi connectivity index (χ1v) is 7.15. The molecule has 5 heteroatoms. The molecule has 1 aromatic heterocycles. The molecule has 1 saturated heterocycles. The van der Waals surface area contributed by atoms with Crippen molar-refractivity contribution in [2.45, 2.75) is 31.8 Å². The average Bonchev–Trinajstić information content (AvgIpc) is 2.84. The summed E-state index contributed by atoms with van der Waals surface area (Å²) in [5.74, 6) is -0.489. The lowest BCUT2D eigenvalue weighted by Gasteiger charge is -2.34. The number of fused-ring (bicyclic) bond motifs is 1. The molecule has 2 heterocycles. The number of carboxylic acids is 1. The second-order valence-electron chi connectivity index (χ2n) is 5.77. The molecule has 3 rings (SSSR count). The highest BCUT2D eigenvalue weighted by atomic mass is 16.5. The van der Waals surface area contributed by atoms with Crippen molar-refractivity contribution in [2.75, 3.05) is 13.2 Å². The van der Waals surface area contributed by atoms with Crippen LogP contribution in [0.1, 0.15) is 35.9 Å². The van der Waals surface area contributed by atoms with Gasteiger partial charge in [0.2, 0.25) is 0 Å². The van der Waals surface area contributed by atoms with Crippen molar-refractivity contribution in [3.63, 3.8) is 0 Å². The second kappa shape index (κ2) is 5.50. The number of hydrogen-bond acceptors (Lipinski definition) is 4. The van der Waals surface area contributed by atoms with Crippen LogP contribution in [0.2, 0.25) is 0 Å². The van der Waals surface area contributed by atoms with E-state index < -0.39 is 5.97 Å². The van der Waals surface area contributed by atoms with Crippen LogP contribution < -0.4 is 5.32 Å². The van der Waals surface area contributed by atoms with Crippen molar-refractivity contribution < 1.29 is 19.1 Å². The molecule has 1 unspecified atom stereocenters. The summed E-state index contributed by atoms with van der Waals surface area (Å²) in [6, 6.07) is 7.22. The molecule has 0 saturated carbocycles. The van der Waals surface area contributed by atoms with E-state index in [1.54, 1.807) is 12.1 Å². The van der Waals surface area contributed by atoms with E-state index in [0.717, 1.165) is 19.4 Å². The molecule has 21 heavy (non-hydrogen) atoms. The fourth-order valence-corrected chi connectivity index (χ4v) is 2.82. The van der Waals surface area contributed by atoms with Gasteiger partial charge in [-0.25, -0.2) is 4.79 Å². The topological polar surface area (TPSA) is 71.7 Å². The van der Waals surface area contributed by atoms with Gasteiger partial charge in [-0.15, -0.1) is 0 Å². The molecule has 0 bridgehead atoms. The van der Waals surface area contributed by atoms with Crippen molar-refractivity contribution in [1.82, 2.24) is 5.32 Å². The number of rotatable bonds is 4. The summed E-state index contributed by atoms with van der Waals surface area (Å²) in [5, 5.41) is 13.5. The molecule has 2 N–H and O–H groups in total. The lowest BCUT2D eigenvalue weighted by Crippen LogP contribution is -2.48. The highest BCUT2D eigenvalue weighted by molar-refractivity contribution is 6.03. The van der Waals surface area contributed by atoms with Crippen LogP contribution in [-0.2, 0) is 11.3 Å². The van der Waals surface area contributed by atoms with Gasteiger partial charge in [0, 0.05) is 17.5 Å². The quantitative estimate of drug-likeness (QED) is 0.905. The van der Waals surface area contributed by atoms with Gasteiger partial charge in [-0.05, 0) is 25.8 Å². The SMILES string of the molecule is CC1(NCc2oc3ccccc3c2C(=O)O)CCCOC1. The predicted octanol–water partition coefficient (Wildman–Crippen LogP) is 2.79. The van der Waals surface area contributed by atoms with Crippen molar-refractivity contribution in [1.29, 1.82) is 0 Å². The summed E-state index contributed by atoms with van der Waals surface area (Å²) in [6.07, 6.45) is 2.02. The van der Waals surface area contributed by atoms with E-state index in [1.165, 1.54) is 0 Å². The van der Waals surface area contributed by atoms with Gasteiger partial charge < -0.3 is 19.6 Å². The number of carbonyl (C=O) groups is 1. The second-order valence-corrected chi connectivity index (χ2v) is 5.77. The Bertz CT molecular complexity index is 655. The Morgan fingerprint density at radius 2 is 2.24 bits per heavy atom. The molecule has 1 aliphatic heterocycles. The highest BCUT2D eigenvalue weighted by Gasteiger charge is 2.28. The fraction of sp³-hybridized carbons (Fsp3) is 0.438. The number of carboxylic acid groups (broad SMARTS) is 1. The largest absolute Gasteiger partial charge is 0.478 e. The first-order valence-electron chi connectivity index (χ1n) is 7.15. The zero-order valence-electron chi connectivity index (χ0n) is 12.0. The maximum atomic E-state index is 11.5. The Balaban J connectivity index is 1.86. The van der Waals surface area contributed by atoms with Crippen LogP contribution in [-0.4, -0.2) is 29.8 Å². The van der Waals surface area contributed by atoms with Gasteiger partial charge in [-0.3, -0.25) is 0 Å². The maximum absolute atomic E-state index is 11.5. The number of benzene rings is 1. The molecule has 0 spiro atoms. The average molecular weight is 289 g/mol. The Hall–Kier alpha value is -1.85. The van der Waals surface area contributed by atoms with Gasteiger partial charge in [-0.1, -0.05) is 18.2 Å². The van der Waals surface area contributed by atoms with Crippen LogP contribution in [0.3, 0.4) is 0 Å². The summed E-state index contributed by atoms with van der Waals surface area (Å²) in [5.41, 5.74) is 0.725. The molecule has 1 aromatic carbocycles. The lowest BCUT2D eigenvalue weighted by atomic mass is 9.95. The number of hydrogen-bond donors (Lipinski definition) is 2. The number of para-hydroxylation sites is 1. The highest BCUT2D eigenvalue weighted by Crippen LogP contribution is 2.27. The molecular formula is C16H19NO4. The third kappa shape index (κ3) is 2.80. The smallest absolute Gasteiger partial charge is 0.339 e. The van der Waals surface area contributed by atoms with E-state index in [-0.39, 0.29) is 11.1 Å². The monoisotopic (exact) mass is 289 g/mol. The summed E-state index contributed by atoms with van der Waals surface area (Å²) in [7, 11) is 0. The molecule has 2 aromatic rings. The molecule has 0 radical (unpaired) electrons. The molecule has 112 valence electrons. The summed E-state index contributed by atoms with van der Waals surface area (Å²) >= 11 is 0. The minimum Gasteiger partial charge on any atom is -0.478 e. The Morgan fingerprint density at radius 1 is 1.43 bits per heavy atom. The van der Waals surface area contributed by atoms with Gasteiger partial charge in [-0.2, -0.15) is 0 Å². The van der Waals surface area contributed by atoms with Gasteiger partial charge in [0.15, 0.2) is 0 Å². The fourth-order valence-electron chi connectivity index (χ4n) is 2.82. The summed E-state index contributed by atoms with van der Waals surface area (Å²) in [4.78, 5) is 11.5. The predicted molar refractivity (Wildman–Crippen MR) is 78.5 cm³/mol. The number of aromatic carboxylic acids is 1. The van der Waals surface area contributed by atoms with Gasteiger partial charge in [0.05, 0.1) is 13.2 Å².